The van der Waals surface area contributed by atoms with E-state index < -0.39 is 0 Å². The molecular formula is C29H46O2. The van der Waals surface area contributed by atoms with Gasteiger partial charge in [0.2, 0.25) is 0 Å². The fourth-order valence-electron chi connectivity index (χ4n) is 10.7. The van der Waals surface area contributed by atoms with E-state index in [0.29, 0.717) is 40.7 Å². The van der Waals surface area contributed by atoms with E-state index in [9.17, 15) is 9.59 Å². The molecule has 2 nitrogen and oxygen atoms in total. The van der Waals surface area contributed by atoms with Gasteiger partial charge in [0.25, 0.3) is 0 Å². The quantitative estimate of drug-likeness (QED) is 0.409. The smallest absolute Gasteiger partial charge is 0.137 e. The monoisotopic (exact) mass is 426 g/mol. The first-order chi connectivity index (χ1) is 14.3. The van der Waals surface area contributed by atoms with Crippen molar-refractivity contribution in [3.05, 3.63) is 0 Å². The minimum atomic E-state index is -0.128. The number of ketones is 2. The summed E-state index contributed by atoms with van der Waals surface area (Å²) in [5, 5.41) is 0. The summed E-state index contributed by atoms with van der Waals surface area (Å²) in [5.41, 5.74) is 0.964. The van der Waals surface area contributed by atoms with Crippen LogP contribution < -0.4 is 0 Å². The molecule has 0 N–H and O–H groups in total. The topological polar surface area (TPSA) is 34.1 Å². The summed E-state index contributed by atoms with van der Waals surface area (Å²) in [5.74, 6) is 3.18. The molecule has 0 saturated heterocycles. The van der Waals surface area contributed by atoms with Crippen LogP contribution in [0, 0.1) is 56.7 Å². The molecule has 0 aliphatic heterocycles. The zero-order valence-electron chi connectivity index (χ0n) is 21.3. The average Bonchev–Trinajstić information content (AvgIpc) is 2.64. The van der Waals surface area contributed by atoms with Gasteiger partial charge in [-0.1, -0.05) is 48.5 Å². The van der Waals surface area contributed by atoms with Gasteiger partial charge in [0.1, 0.15) is 11.6 Å². The van der Waals surface area contributed by atoms with Gasteiger partial charge < -0.3 is 0 Å². The van der Waals surface area contributed by atoms with Crippen LogP contribution in [0.4, 0.5) is 0 Å². The molecule has 0 aromatic heterocycles. The van der Waals surface area contributed by atoms with Crippen LogP contribution in [0.15, 0.2) is 0 Å². The van der Waals surface area contributed by atoms with Gasteiger partial charge in [0.15, 0.2) is 0 Å². The number of fused-ring (bicyclic) bond motifs is 6. The van der Waals surface area contributed by atoms with E-state index in [2.05, 4.69) is 48.5 Å². The predicted molar refractivity (Wildman–Crippen MR) is 126 cm³/mol. The first-order valence-corrected chi connectivity index (χ1v) is 13.3. The molecule has 31 heavy (non-hydrogen) atoms. The minimum absolute atomic E-state index is 0.0346. The number of hydrogen-bond acceptors (Lipinski definition) is 2. The Morgan fingerprint density at radius 2 is 1.48 bits per heavy atom. The van der Waals surface area contributed by atoms with Gasteiger partial charge in [-0.15, -0.1) is 0 Å². The molecule has 5 rings (SSSR count). The third kappa shape index (κ3) is 2.87. The number of rotatable bonds is 0. The van der Waals surface area contributed by atoms with Gasteiger partial charge in [-0.05, 0) is 96.2 Å². The van der Waals surface area contributed by atoms with Gasteiger partial charge in [-0.3, -0.25) is 9.59 Å². The van der Waals surface area contributed by atoms with E-state index in [1.807, 2.05) is 0 Å². The van der Waals surface area contributed by atoms with Gasteiger partial charge in [0, 0.05) is 24.7 Å². The molecule has 174 valence electrons. The van der Waals surface area contributed by atoms with Crippen molar-refractivity contribution in [2.45, 2.75) is 113 Å². The van der Waals surface area contributed by atoms with Crippen molar-refractivity contribution in [2.75, 3.05) is 0 Å². The third-order valence-corrected chi connectivity index (χ3v) is 12.4. The summed E-state index contributed by atoms with van der Waals surface area (Å²) in [6, 6.07) is 0. The molecule has 0 aromatic carbocycles. The highest BCUT2D eigenvalue weighted by Crippen LogP contribution is 2.73. The number of Topliss-reactive ketones (excluding diaryl/α,β-unsaturated/α-hetero) is 2. The van der Waals surface area contributed by atoms with Crippen molar-refractivity contribution in [1.82, 2.24) is 0 Å². The lowest BCUT2D eigenvalue weighted by molar-refractivity contribution is -0.209. The highest BCUT2D eigenvalue weighted by atomic mass is 16.1. The molecule has 0 heterocycles. The second-order valence-electron chi connectivity index (χ2n) is 14.7. The summed E-state index contributed by atoms with van der Waals surface area (Å²) in [4.78, 5) is 26.7. The average molecular weight is 427 g/mol. The summed E-state index contributed by atoms with van der Waals surface area (Å²) < 4.78 is 0. The normalized spacial score (nSPS) is 56.2. The highest BCUT2D eigenvalue weighted by Gasteiger charge is 2.69. The van der Waals surface area contributed by atoms with E-state index in [1.165, 1.54) is 44.9 Å². The van der Waals surface area contributed by atoms with E-state index in [-0.39, 0.29) is 28.1 Å². The van der Waals surface area contributed by atoms with Crippen LogP contribution in [0.1, 0.15) is 113 Å². The van der Waals surface area contributed by atoms with Crippen molar-refractivity contribution in [2.24, 2.45) is 56.7 Å². The Morgan fingerprint density at radius 1 is 0.774 bits per heavy atom. The summed E-state index contributed by atoms with van der Waals surface area (Å²) in [6.45, 7) is 16.9. The maximum atomic E-state index is 14.1. The molecule has 0 spiro atoms. The molecule has 0 aromatic rings. The molecular weight excluding hydrogens is 380 g/mol. The fraction of sp³-hybridized carbons (Fsp3) is 0.931. The lowest BCUT2D eigenvalue weighted by Gasteiger charge is -2.69. The lowest BCUT2D eigenvalue weighted by Crippen LogP contribution is -2.66. The van der Waals surface area contributed by atoms with Gasteiger partial charge >= 0.3 is 0 Å². The summed E-state index contributed by atoms with van der Waals surface area (Å²) >= 11 is 0. The van der Waals surface area contributed by atoms with Crippen LogP contribution in [0.5, 0.6) is 0 Å². The second kappa shape index (κ2) is 6.47. The van der Waals surface area contributed by atoms with Crippen LogP contribution in [-0.4, -0.2) is 11.6 Å². The summed E-state index contributed by atoms with van der Waals surface area (Å²) in [6.07, 6.45) is 11.5. The Bertz CT molecular complexity index is 812. The van der Waals surface area contributed by atoms with Crippen molar-refractivity contribution in [3.8, 4) is 0 Å². The molecule has 0 bridgehead atoms. The van der Waals surface area contributed by atoms with Crippen LogP contribution >= 0.6 is 0 Å². The Hall–Kier alpha value is -0.660. The standard InChI is InChI=1S/C29H46O2/c1-18-21(30)8-9-23-27(5)11-10-19-14-20-15-25(2,3)12-13-26(20,4)17-29(19,7)24(27)22(31)16-28(18,23)6/h18-20,23-24H,8-17H2,1-7H3. The summed E-state index contributed by atoms with van der Waals surface area (Å²) in [7, 11) is 0. The SMILES string of the molecule is CC1C(=O)CCC2C1(C)CC(=O)C1C3(C)CC4(C)CCC(C)(C)CC4CC3CCC21C. The van der Waals surface area contributed by atoms with Gasteiger partial charge in [-0.25, -0.2) is 0 Å². The largest absolute Gasteiger partial charge is 0.299 e. The van der Waals surface area contributed by atoms with Gasteiger partial charge in [0.05, 0.1) is 0 Å². The molecule has 2 heteroatoms. The van der Waals surface area contributed by atoms with E-state index >= 15 is 0 Å². The van der Waals surface area contributed by atoms with E-state index in [4.69, 9.17) is 0 Å². The van der Waals surface area contributed by atoms with Crippen LogP contribution in [-0.2, 0) is 9.59 Å². The third-order valence-electron chi connectivity index (χ3n) is 12.4. The Kier molecular flexibility index (Phi) is 4.62. The molecule has 5 aliphatic rings. The van der Waals surface area contributed by atoms with Crippen LogP contribution in [0.25, 0.3) is 0 Å². The zero-order valence-corrected chi connectivity index (χ0v) is 21.3. The molecule has 5 fully saturated rings. The molecule has 0 amide bonds. The Labute approximate surface area is 190 Å². The fourth-order valence-corrected chi connectivity index (χ4v) is 10.7. The number of hydrogen-bond donors (Lipinski definition) is 0. The Balaban J connectivity index is 1.53. The Morgan fingerprint density at radius 3 is 2.19 bits per heavy atom. The predicted octanol–water partition coefficient (Wildman–Crippen LogP) is 7.25. The number of carbonyl (C=O) groups excluding carboxylic acids is 2. The first kappa shape index (κ1) is 22.1. The molecule has 9 unspecified atom stereocenters. The maximum Gasteiger partial charge on any atom is 0.137 e. The molecule has 5 aliphatic carbocycles. The minimum Gasteiger partial charge on any atom is -0.299 e. The maximum absolute atomic E-state index is 14.1. The molecule has 9 atom stereocenters. The van der Waals surface area contributed by atoms with Gasteiger partial charge in [-0.2, -0.15) is 0 Å². The lowest BCUT2D eigenvalue weighted by atomic mass is 9.34. The molecule has 5 saturated carbocycles. The van der Waals surface area contributed by atoms with Crippen molar-refractivity contribution in [3.63, 3.8) is 0 Å². The zero-order chi connectivity index (χ0) is 22.6. The van der Waals surface area contributed by atoms with Crippen molar-refractivity contribution < 1.29 is 9.59 Å². The first-order valence-electron chi connectivity index (χ1n) is 13.3. The van der Waals surface area contributed by atoms with E-state index in [1.54, 1.807) is 0 Å². The highest BCUT2D eigenvalue weighted by molar-refractivity contribution is 5.88. The number of carbonyl (C=O) groups is 2. The van der Waals surface area contributed by atoms with Crippen molar-refractivity contribution in [1.29, 1.82) is 0 Å². The van der Waals surface area contributed by atoms with Crippen LogP contribution in [0.3, 0.4) is 0 Å². The van der Waals surface area contributed by atoms with Crippen LogP contribution in [0.2, 0.25) is 0 Å². The molecule has 0 radical (unpaired) electrons. The van der Waals surface area contributed by atoms with E-state index in [0.717, 1.165) is 18.8 Å². The van der Waals surface area contributed by atoms with Crippen molar-refractivity contribution >= 4 is 11.6 Å². The second-order valence-corrected chi connectivity index (χ2v) is 14.7.